The van der Waals surface area contributed by atoms with Crippen LogP contribution in [0.4, 0.5) is 0 Å². The third kappa shape index (κ3) is 2.41. The van der Waals surface area contributed by atoms with E-state index in [0.717, 1.165) is 24.0 Å². The van der Waals surface area contributed by atoms with Crippen molar-refractivity contribution in [3.05, 3.63) is 29.6 Å². The Hall–Kier alpha value is -1.91. The number of carbonyl (C=O) groups excluding carboxylic acids is 2. The first-order valence-electron chi connectivity index (χ1n) is 7.45. The molecule has 1 aromatic rings. The highest BCUT2D eigenvalue weighted by Gasteiger charge is 2.54. The zero-order valence-corrected chi connectivity index (χ0v) is 12.7. The highest BCUT2D eigenvalue weighted by atomic mass is 16.2. The zero-order chi connectivity index (χ0) is 15.2. The number of piperazine rings is 1. The van der Waals surface area contributed by atoms with E-state index in [1.54, 1.807) is 24.2 Å². The first kappa shape index (κ1) is 14.0. The minimum absolute atomic E-state index is 0.0265. The SMILES string of the molecule is Cc1cncc(CN2C(=O)C(C)(C3CC3)NC(=O)C2C)c1. The van der Waals surface area contributed by atoms with E-state index in [9.17, 15) is 9.59 Å². The summed E-state index contributed by atoms with van der Waals surface area (Å²) in [4.78, 5) is 31.0. The van der Waals surface area contributed by atoms with Crippen LogP contribution in [0.3, 0.4) is 0 Å². The zero-order valence-electron chi connectivity index (χ0n) is 12.7. The quantitative estimate of drug-likeness (QED) is 0.914. The lowest BCUT2D eigenvalue weighted by Crippen LogP contribution is -2.69. The number of hydrogen-bond donors (Lipinski definition) is 1. The van der Waals surface area contributed by atoms with E-state index in [-0.39, 0.29) is 17.7 Å². The number of pyridine rings is 1. The molecular weight excluding hydrogens is 266 g/mol. The maximum absolute atomic E-state index is 12.9. The van der Waals surface area contributed by atoms with E-state index in [1.165, 1.54) is 0 Å². The monoisotopic (exact) mass is 287 g/mol. The van der Waals surface area contributed by atoms with E-state index < -0.39 is 11.6 Å². The van der Waals surface area contributed by atoms with Gasteiger partial charge in [-0.1, -0.05) is 6.07 Å². The predicted molar refractivity (Wildman–Crippen MR) is 78.3 cm³/mol. The molecule has 21 heavy (non-hydrogen) atoms. The first-order chi connectivity index (χ1) is 9.91. The summed E-state index contributed by atoms with van der Waals surface area (Å²) in [6, 6.07) is 1.57. The molecule has 5 nitrogen and oxygen atoms in total. The van der Waals surface area contributed by atoms with Crippen LogP contribution in [0.25, 0.3) is 0 Å². The van der Waals surface area contributed by atoms with Crippen LogP contribution in [-0.2, 0) is 16.1 Å². The molecule has 2 aliphatic rings. The Morgan fingerprint density at radius 3 is 2.71 bits per heavy atom. The van der Waals surface area contributed by atoms with Gasteiger partial charge in [-0.2, -0.15) is 0 Å². The number of amides is 2. The molecule has 1 saturated carbocycles. The normalized spacial score (nSPS) is 29.5. The molecular formula is C16H21N3O2. The Morgan fingerprint density at radius 2 is 2.10 bits per heavy atom. The Labute approximate surface area is 124 Å². The van der Waals surface area contributed by atoms with Gasteiger partial charge in [-0.3, -0.25) is 14.6 Å². The second-order valence-corrected chi connectivity index (χ2v) is 6.45. The van der Waals surface area contributed by atoms with Gasteiger partial charge in [0.15, 0.2) is 0 Å². The average molecular weight is 287 g/mol. The van der Waals surface area contributed by atoms with E-state index in [4.69, 9.17) is 0 Å². The lowest BCUT2D eigenvalue weighted by atomic mass is 9.89. The number of rotatable bonds is 3. The molecule has 1 aliphatic heterocycles. The summed E-state index contributed by atoms with van der Waals surface area (Å²) < 4.78 is 0. The van der Waals surface area contributed by atoms with Crippen LogP contribution in [0.2, 0.25) is 0 Å². The summed E-state index contributed by atoms with van der Waals surface area (Å²) >= 11 is 0. The van der Waals surface area contributed by atoms with Crippen LogP contribution in [-0.4, -0.2) is 33.3 Å². The van der Waals surface area contributed by atoms with E-state index in [0.29, 0.717) is 6.54 Å². The predicted octanol–water partition coefficient (Wildman–Crippen LogP) is 1.41. The van der Waals surface area contributed by atoms with Gasteiger partial charge in [-0.05, 0) is 50.7 Å². The minimum atomic E-state index is -0.735. The molecule has 0 aromatic carbocycles. The van der Waals surface area contributed by atoms with Crippen LogP contribution in [0, 0.1) is 12.8 Å². The van der Waals surface area contributed by atoms with Gasteiger partial charge in [0.25, 0.3) is 0 Å². The maximum Gasteiger partial charge on any atom is 0.249 e. The van der Waals surface area contributed by atoms with Gasteiger partial charge >= 0.3 is 0 Å². The van der Waals surface area contributed by atoms with Crippen molar-refractivity contribution in [2.45, 2.75) is 51.7 Å². The number of carbonyl (C=O) groups is 2. The molecule has 1 aromatic heterocycles. The number of aromatic nitrogens is 1. The van der Waals surface area contributed by atoms with Gasteiger partial charge < -0.3 is 10.2 Å². The average Bonchev–Trinajstić information content (AvgIpc) is 3.26. The van der Waals surface area contributed by atoms with E-state index >= 15 is 0 Å². The van der Waals surface area contributed by atoms with Crippen molar-refractivity contribution in [3.8, 4) is 0 Å². The topological polar surface area (TPSA) is 62.3 Å². The van der Waals surface area contributed by atoms with Gasteiger partial charge in [-0.25, -0.2) is 0 Å². The molecule has 2 amide bonds. The van der Waals surface area contributed by atoms with Crippen molar-refractivity contribution in [2.75, 3.05) is 0 Å². The Kier molecular flexibility index (Phi) is 3.23. The summed E-state index contributed by atoms with van der Waals surface area (Å²) in [5.41, 5.74) is 1.28. The van der Waals surface area contributed by atoms with Crippen molar-refractivity contribution in [1.82, 2.24) is 15.2 Å². The van der Waals surface area contributed by atoms with Crippen molar-refractivity contribution >= 4 is 11.8 Å². The molecule has 2 atom stereocenters. The lowest BCUT2D eigenvalue weighted by molar-refractivity contribution is -0.155. The van der Waals surface area contributed by atoms with E-state index in [2.05, 4.69) is 10.3 Å². The maximum atomic E-state index is 12.9. The molecule has 0 spiro atoms. The molecule has 1 N–H and O–H groups in total. The van der Waals surface area contributed by atoms with Gasteiger partial charge in [0.05, 0.1) is 0 Å². The summed E-state index contributed by atoms with van der Waals surface area (Å²) in [6.07, 6.45) is 5.56. The molecule has 1 aliphatic carbocycles. The molecule has 1 saturated heterocycles. The molecule has 0 radical (unpaired) electrons. The number of nitrogens with zero attached hydrogens (tertiary/aromatic N) is 2. The fraction of sp³-hybridized carbons (Fsp3) is 0.562. The van der Waals surface area contributed by atoms with Crippen LogP contribution >= 0.6 is 0 Å². The second-order valence-electron chi connectivity index (χ2n) is 6.45. The van der Waals surface area contributed by atoms with Gasteiger partial charge in [0.1, 0.15) is 11.6 Å². The highest BCUT2D eigenvalue weighted by molar-refractivity contribution is 5.99. The van der Waals surface area contributed by atoms with Crippen LogP contribution in [0.5, 0.6) is 0 Å². The third-order valence-electron chi connectivity index (χ3n) is 4.61. The van der Waals surface area contributed by atoms with Crippen LogP contribution in [0.15, 0.2) is 18.5 Å². The largest absolute Gasteiger partial charge is 0.340 e. The molecule has 5 heteroatoms. The smallest absolute Gasteiger partial charge is 0.249 e. The summed E-state index contributed by atoms with van der Waals surface area (Å²) in [7, 11) is 0. The standard InChI is InChI=1S/C16H21N3O2/c1-10-6-12(8-17-7-10)9-19-11(2)14(20)18-16(3,15(19)21)13-4-5-13/h6-8,11,13H,4-5,9H2,1-3H3,(H,18,20). The Balaban J connectivity index is 1.87. The van der Waals surface area contributed by atoms with E-state index in [1.807, 2.05) is 19.9 Å². The van der Waals surface area contributed by atoms with Crippen molar-refractivity contribution in [3.63, 3.8) is 0 Å². The summed E-state index contributed by atoms with van der Waals surface area (Å²) in [5.74, 6) is 0.239. The first-order valence-corrected chi connectivity index (χ1v) is 7.45. The molecule has 2 unspecified atom stereocenters. The fourth-order valence-corrected chi connectivity index (χ4v) is 3.08. The minimum Gasteiger partial charge on any atom is -0.340 e. The summed E-state index contributed by atoms with van der Waals surface area (Å²) in [5, 5.41) is 2.94. The van der Waals surface area contributed by atoms with Gasteiger partial charge in [-0.15, -0.1) is 0 Å². The van der Waals surface area contributed by atoms with Gasteiger partial charge in [0.2, 0.25) is 11.8 Å². The molecule has 2 heterocycles. The van der Waals surface area contributed by atoms with Crippen molar-refractivity contribution < 1.29 is 9.59 Å². The van der Waals surface area contributed by atoms with Crippen molar-refractivity contribution in [2.24, 2.45) is 5.92 Å². The van der Waals surface area contributed by atoms with Crippen LogP contribution < -0.4 is 5.32 Å². The van der Waals surface area contributed by atoms with Gasteiger partial charge in [0, 0.05) is 18.9 Å². The lowest BCUT2D eigenvalue weighted by Gasteiger charge is -2.43. The Bertz CT molecular complexity index is 597. The molecule has 3 rings (SSSR count). The van der Waals surface area contributed by atoms with Crippen LogP contribution in [0.1, 0.15) is 37.8 Å². The molecule has 112 valence electrons. The number of nitrogens with one attached hydrogen (secondary N) is 1. The number of aryl methyl sites for hydroxylation is 1. The molecule has 2 fully saturated rings. The third-order valence-corrected chi connectivity index (χ3v) is 4.61. The Morgan fingerprint density at radius 1 is 1.38 bits per heavy atom. The van der Waals surface area contributed by atoms with Crippen molar-refractivity contribution in [1.29, 1.82) is 0 Å². The highest BCUT2D eigenvalue weighted by Crippen LogP contribution is 2.42. The summed E-state index contributed by atoms with van der Waals surface area (Å²) in [6.45, 7) is 6.05. The number of hydrogen-bond acceptors (Lipinski definition) is 3. The second kappa shape index (κ2) is 4.83. The molecule has 0 bridgehead atoms. The fourth-order valence-electron chi connectivity index (χ4n) is 3.08.